The van der Waals surface area contributed by atoms with Gasteiger partial charge in [0.1, 0.15) is 5.75 Å². The van der Waals surface area contributed by atoms with Crippen molar-refractivity contribution in [1.82, 2.24) is 0 Å². The minimum atomic E-state index is -0.283. The van der Waals surface area contributed by atoms with Gasteiger partial charge >= 0.3 is 0 Å². The van der Waals surface area contributed by atoms with Crippen LogP contribution in [0.3, 0.4) is 0 Å². The molecule has 5 nitrogen and oxygen atoms in total. The summed E-state index contributed by atoms with van der Waals surface area (Å²) in [6, 6.07) is 3.33. The van der Waals surface area contributed by atoms with Crippen LogP contribution in [0.1, 0.15) is 5.56 Å². The van der Waals surface area contributed by atoms with Crippen molar-refractivity contribution < 1.29 is 23.8 Å². The summed E-state index contributed by atoms with van der Waals surface area (Å²) >= 11 is 0. The van der Waals surface area contributed by atoms with E-state index >= 15 is 0 Å². The van der Waals surface area contributed by atoms with Gasteiger partial charge in [-0.05, 0) is 30.4 Å². The lowest BCUT2D eigenvalue weighted by atomic mass is 9.94. The summed E-state index contributed by atoms with van der Waals surface area (Å²) in [5.74, 6) is 0.708. The van der Waals surface area contributed by atoms with E-state index in [-0.39, 0.29) is 17.1 Å². The van der Waals surface area contributed by atoms with Gasteiger partial charge in [0.05, 0.1) is 26.9 Å². The van der Waals surface area contributed by atoms with Gasteiger partial charge in [-0.15, -0.1) is 0 Å². The van der Waals surface area contributed by atoms with Crippen LogP contribution >= 0.6 is 0 Å². The number of benzene rings is 1. The number of hydrogen-bond acceptors (Lipinski definition) is 5. The van der Waals surface area contributed by atoms with Gasteiger partial charge in [0.25, 0.3) is 0 Å². The van der Waals surface area contributed by atoms with Crippen molar-refractivity contribution in [1.29, 1.82) is 0 Å². The van der Waals surface area contributed by atoms with Crippen LogP contribution in [0.5, 0.6) is 17.2 Å². The van der Waals surface area contributed by atoms with E-state index in [1.54, 1.807) is 12.1 Å². The molecule has 0 saturated heterocycles. The van der Waals surface area contributed by atoms with E-state index in [2.05, 4.69) is 0 Å². The van der Waals surface area contributed by atoms with E-state index < -0.39 is 0 Å². The topological polar surface area (TPSA) is 61.8 Å². The Kier molecular flexibility index (Phi) is 3.89. The average Bonchev–Trinajstić information content (AvgIpc) is 2.48. The maximum absolute atomic E-state index is 12.0. The summed E-state index contributed by atoms with van der Waals surface area (Å²) in [6.07, 6.45) is 3.73. The Balaban J connectivity index is 2.71. The molecule has 0 spiro atoms. The lowest BCUT2D eigenvalue weighted by Crippen LogP contribution is -2.09. The van der Waals surface area contributed by atoms with E-state index in [0.717, 1.165) is 0 Å². The van der Waals surface area contributed by atoms with E-state index in [1.807, 2.05) is 0 Å². The maximum Gasteiger partial charge on any atom is 0.186 e. The number of hydrogen-bond donors (Lipinski definition) is 0. The Morgan fingerprint density at radius 2 is 1.50 bits per heavy atom. The zero-order valence-corrected chi connectivity index (χ0v) is 11.4. The Morgan fingerprint density at radius 3 is 2.10 bits per heavy atom. The second kappa shape index (κ2) is 5.61. The SMILES string of the molecule is COc1ccc(OC)c(C2=CC(=O)C=CC2=O)c1OC. The molecule has 0 fully saturated rings. The van der Waals surface area contributed by atoms with E-state index in [9.17, 15) is 9.59 Å². The van der Waals surface area contributed by atoms with Gasteiger partial charge in [-0.1, -0.05) is 0 Å². The molecule has 104 valence electrons. The third-order valence-electron chi connectivity index (χ3n) is 2.95. The van der Waals surface area contributed by atoms with Crippen molar-refractivity contribution in [3.05, 3.63) is 35.9 Å². The van der Waals surface area contributed by atoms with E-state index in [0.29, 0.717) is 22.8 Å². The Morgan fingerprint density at radius 1 is 0.850 bits per heavy atom. The maximum atomic E-state index is 12.0. The van der Waals surface area contributed by atoms with Gasteiger partial charge in [0.15, 0.2) is 23.1 Å². The summed E-state index contributed by atoms with van der Waals surface area (Å²) < 4.78 is 15.8. The van der Waals surface area contributed by atoms with Crippen LogP contribution in [0.25, 0.3) is 5.57 Å². The van der Waals surface area contributed by atoms with Crippen molar-refractivity contribution in [3.63, 3.8) is 0 Å². The zero-order chi connectivity index (χ0) is 14.7. The molecule has 0 saturated carbocycles. The summed E-state index contributed by atoms with van der Waals surface area (Å²) in [5, 5.41) is 0. The molecule has 1 aromatic carbocycles. The molecule has 5 heteroatoms. The van der Waals surface area contributed by atoms with Crippen LogP contribution in [-0.4, -0.2) is 32.9 Å². The van der Waals surface area contributed by atoms with Gasteiger partial charge in [0.2, 0.25) is 0 Å². The number of ketones is 2. The average molecular weight is 274 g/mol. The fourth-order valence-corrected chi connectivity index (χ4v) is 2.04. The number of allylic oxidation sites excluding steroid dienone is 4. The number of carbonyl (C=O) groups is 2. The highest BCUT2D eigenvalue weighted by molar-refractivity contribution is 6.34. The van der Waals surface area contributed by atoms with Crippen LogP contribution in [0, 0.1) is 0 Å². The molecule has 0 radical (unpaired) electrons. The lowest BCUT2D eigenvalue weighted by Gasteiger charge is -2.17. The molecular formula is C15H14O5. The minimum Gasteiger partial charge on any atom is -0.496 e. The second-order valence-electron chi connectivity index (χ2n) is 4.04. The zero-order valence-electron chi connectivity index (χ0n) is 11.4. The first-order chi connectivity index (χ1) is 9.62. The monoisotopic (exact) mass is 274 g/mol. The van der Waals surface area contributed by atoms with Gasteiger partial charge in [-0.2, -0.15) is 0 Å². The predicted octanol–water partition coefficient (Wildman–Crippen LogP) is 1.80. The summed E-state index contributed by atoms with van der Waals surface area (Å²) in [4.78, 5) is 23.5. The number of carbonyl (C=O) groups excluding carboxylic acids is 2. The van der Waals surface area contributed by atoms with E-state index in [1.165, 1.54) is 39.6 Å². The number of ether oxygens (including phenoxy) is 3. The first-order valence-corrected chi connectivity index (χ1v) is 5.89. The first-order valence-electron chi connectivity index (χ1n) is 5.89. The van der Waals surface area contributed by atoms with Crippen LogP contribution in [0.15, 0.2) is 30.4 Å². The lowest BCUT2D eigenvalue weighted by molar-refractivity contribution is -0.113. The standard InChI is InChI=1S/C15H14O5/c1-18-12-6-7-13(19-2)15(20-3)14(12)10-8-9(16)4-5-11(10)17/h4-8H,1-3H3. The fraction of sp³-hybridized carbons (Fsp3) is 0.200. The molecule has 1 aliphatic rings. The molecule has 1 aliphatic carbocycles. The van der Waals surface area contributed by atoms with Gasteiger partial charge < -0.3 is 14.2 Å². The third-order valence-corrected chi connectivity index (χ3v) is 2.95. The summed E-state index contributed by atoms with van der Waals surface area (Å²) in [5.41, 5.74) is 0.641. The molecular weight excluding hydrogens is 260 g/mol. The Bertz CT molecular complexity index is 625. The molecule has 0 atom stereocenters. The predicted molar refractivity (Wildman–Crippen MR) is 73.2 cm³/mol. The molecule has 0 aliphatic heterocycles. The van der Waals surface area contributed by atoms with Crippen LogP contribution < -0.4 is 14.2 Å². The Hall–Kier alpha value is -2.56. The van der Waals surface area contributed by atoms with Crippen molar-refractivity contribution in [2.75, 3.05) is 21.3 Å². The van der Waals surface area contributed by atoms with Crippen LogP contribution in [0.4, 0.5) is 0 Å². The van der Waals surface area contributed by atoms with Crippen LogP contribution in [-0.2, 0) is 9.59 Å². The highest BCUT2D eigenvalue weighted by atomic mass is 16.5. The molecule has 0 unspecified atom stereocenters. The molecule has 0 N–H and O–H groups in total. The highest BCUT2D eigenvalue weighted by Crippen LogP contribution is 2.42. The van der Waals surface area contributed by atoms with E-state index in [4.69, 9.17) is 14.2 Å². The molecule has 1 aromatic rings. The smallest absolute Gasteiger partial charge is 0.186 e. The third kappa shape index (κ3) is 2.30. The van der Waals surface area contributed by atoms with Gasteiger partial charge in [0, 0.05) is 5.57 Å². The Labute approximate surface area is 116 Å². The summed E-state index contributed by atoms with van der Waals surface area (Å²) in [7, 11) is 4.44. The fourth-order valence-electron chi connectivity index (χ4n) is 2.04. The van der Waals surface area contributed by atoms with Crippen molar-refractivity contribution in [3.8, 4) is 17.2 Å². The second-order valence-corrected chi connectivity index (χ2v) is 4.04. The molecule has 20 heavy (non-hydrogen) atoms. The highest BCUT2D eigenvalue weighted by Gasteiger charge is 2.25. The first kappa shape index (κ1) is 13.9. The minimum absolute atomic E-state index is 0.227. The van der Waals surface area contributed by atoms with Crippen molar-refractivity contribution in [2.24, 2.45) is 0 Å². The van der Waals surface area contributed by atoms with Crippen molar-refractivity contribution in [2.45, 2.75) is 0 Å². The van der Waals surface area contributed by atoms with Gasteiger partial charge in [-0.3, -0.25) is 9.59 Å². The normalized spacial score (nSPS) is 14.1. The summed E-state index contributed by atoms with van der Waals surface area (Å²) in [6.45, 7) is 0. The molecule has 0 heterocycles. The van der Waals surface area contributed by atoms with Crippen molar-refractivity contribution >= 4 is 17.1 Å². The molecule has 0 aromatic heterocycles. The molecule has 0 amide bonds. The quantitative estimate of drug-likeness (QED) is 0.783. The number of methoxy groups -OCH3 is 3. The largest absolute Gasteiger partial charge is 0.496 e. The number of rotatable bonds is 4. The van der Waals surface area contributed by atoms with Gasteiger partial charge in [-0.25, -0.2) is 0 Å². The molecule has 2 rings (SSSR count). The van der Waals surface area contributed by atoms with Crippen LogP contribution in [0.2, 0.25) is 0 Å². The molecule has 0 bridgehead atoms.